The van der Waals surface area contributed by atoms with Crippen molar-refractivity contribution in [2.24, 2.45) is 0 Å². The number of aromatic amines is 1. The highest BCUT2D eigenvalue weighted by Crippen LogP contribution is 2.21. The fourth-order valence-electron chi connectivity index (χ4n) is 4.03. The lowest BCUT2D eigenvalue weighted by Gasteiger charge is -2.18. The lowest BCUT2D eigenvalue weighted by molar-refractivity contribution is 0.0794. The summed E-state index contributed by atoms with van der Waals surface area (Å²) in [7, 11) is 1.61. The van der Waals surface area contributed by atoms with Gasteiger partial charge in [-0.25, -0.2) is 0 Å². The summed E-state index contributed by atoms with van der Waals surface area (Å²) >= 11 is 5.35. The number of anilines is 1. The Morgan fingerprint density at radius 3 is 2.67 bits per heavy atom. The lowest BCUT2D eigenvalue weighted by Crippen LogP contribution is -2.28. The zero-order valence-electron chi connectivity index (χ0n) is 18.4. The third-order valence-electron chi connectivity index (χ3n) is 5.77. The van der Waals surface area contributed by atoms with E-state index in [1.807, 2.05) is 0 Å². The van der Waals surface area contributed by atoms with Crippen molar-refractivity contribution in [2.75, 3.05) is 32.1 Å². The molecule has 2 aromatic carbocycles. The van der Waals surface area contributed by atoms with E-state index < -0.39 is 0 Å². The van der Waals surface area contributed by atoms with Crippen molar-refractivity contribution >= 4 is 40.6 Å². The minimum absolute atomic E-state index is 0.0833. The molecule has 1 aromatic heterocycles. The molecule has 1 aliphatic rings. The molecule has 8 nitrogen and oxygen atoms in total. The number of ether oxygens (including phenoxy) is 1. The zero-order valence-corrected chi connectivity index (χ0v) is 19.2. The minimum Gasteiger partial charge on any atom is -0.385 e. The Bertz CT molecular complexity index is 1310. The number of rotatable bonds is 7. The number of hydrogen-bond acceptors (Lipinski definition) is 5. The van der Waals surface area contributed by atoms with E-state index in [1.165, 1.54) is 4.57 Å². The summed E-state index contributed by atoms with van der Waals surface area (Å²) in [6.07, 6.45) is 2.65. The SMILES string of the molecule is COCCCn1c(=S)[nH]c2cc(C(=O)Nc3ccccc3C(=O)N3CCCC3)ccc2c1=O. The van der Waals surface area contributed by atoms with E-state index in [0.29, 0.717) is 52.1 Å². The normalized spacial score (nSPS) is 13.4. The molecule has 2 heterocycles. The number of para-hydroxylation sites is 1. The number of aromatic nitrogens is 2. The second kappa shape index (κ2) is 10.1. The van der Waals surface area contributed by atoms with Crippen molar-refractivity contribution in [3.63, 3.8) is 0 Å². The van der Waals surface area contributed by atoms with Crippen molar-refractivity contribution in [1.29, 1.82) is 0 Å². The van der Waals surface area contributed by atoms with Gasteiger partial charge >= 0.3 is 0 Å². The van der Waals surface area contributed by atoms with Crippen LogP contribution in [-0.4, -0.2) is 53.1 Å². The predicted octanol–water partition coefficient (Wildman–Crippen LogP) is 3.58. The number of methoxy groups -OCH3 is 1. The summed E-state index contributed by atoms with van der Waals surface area (Å²) in [6.45, 7) is 2.43. The predicted molar refractivity (Wildman–Crippen MR) is 129 cm³/mol. The minimum atomic E-state index is -0.373. The molecule has 3 aromatic rings. The van der Waals surface area contributed by atoms with Crippen LogP contribution in [0.5, 0.6) is 0 Å². The van der Waals surface area contributed by atoms with Gasteiger partial charge in [0.2, 0.25) is 0 Å². The maximum Gasteiger partial charge on any atom is 0.262 e. The molecule has 0 bridgehead atoms. The number of hydrogen-bond donors (Lipinski definition) is 2. The van der Waals surface area contributed by atoms with Gasteiger partial charge in [-0.1, -0.05) is 12.1 Å². The Kier molecular flexibility index (Phi) is 7.00. The number of nitrogens with zero attached hydrogens (tertiary/aromatic N) is 2. The Labute approximate surface area is 196 Å². The number of carbonyl (C=O) groups excluding carboxylic acids is 2. The standard InChI is InChI=1S/C24H26N4O4S/c1-32-14-6-13-28-23(31)18-10-9-16(15-20(18)26-24(28)33)21(29)25-19-8-3-2-7-17(19)22(30)27-11-4-5-12-27/h2-3,7-10,15H,4-6,11-14H2,1H3,(H,25,29)(H,26,33). The van der Waals surface area contributed by atoms with E-state index in [1.54, 1.807) is 54.5 Å². The van der Waals surface area contributed by atoms with Crippen LogP contribution in [0.1, 0.15) is 40.0 Å². The highest BCUT2D eigenvalue weighted by molar-refractivity contribution is 7.71. The van der Waals surface area contributed by atoms with Gasteiger partial charge in [0, 0.05) is 38.9 Å². The summed E-state index contributed by atoms with van der Waals surface area (Å²) in [4.78, 5) is 43.6. The molecule has 9 heteroatoms. The number of amides is 2. The molecule has 0 saturated carbocycles. The molecular formula is C24H26N4O4S. The fraction of sp³-hybridized carbons (Fsp3) is 0.333. The summed E-state index contributed by atoms with van der Waals surface area (Å²) in [6, 6.07) is 11.8. The number of likely N-dealkylation sites (tertiary alicyclic amines) is 1. The van der Waals surface area contributed by atoms with Gasteiger partial charge in [0.25, 0.3) is 17.4 Å². The van der Waals surface area contributed by atoms with Crippen LogP contribution in [-0.2, 0) is 11.3 Å². The highest BCUT2D eigenvalue weighted by Gasteiger charge is 2.22. The Morgan fingerprint density at radius 2 is 1.91 bits per heavy atom. The van der Waals surface area contributed by atoms with Crippen molar-refractivity contribution in [3.05, 3.63) is 68.7 Å². The molecule has 0 atom stereocenters. The molecule has 0 unspecified atom stereocenters. The van der Waals surface area contributed by atoms with Gasteiger partial charge < -0.3 is 19.9 Å². The molecule has 0 radical (unpaired) electrons. The Morgan fingerprint density at radius 1 is 1.15 bits per heavy atom. The molecule has 4 rings (SSSR count). The zero-order chi connectivity index (χ0) is 23.4. The molecule has 2 amide bonds. The smallest absolute Gasteiger partial charge is 0.262 e. The van der Waals surface area contributed by atoms with E-state index in [9.17, 15) is 14.4 Å². The van der Waals surface area contributed by atoms with Gasteiger partial charge in [-0.2, -0.15) is 0 Å². The maximum absolute atomic E-state index is 13.0. The first-order valence-corrected chi connectivity index (χ1v) is 11.4. The van der Waals surface area contributed by atoms with Crippen LogP contribution in [0.25, 0.3) is 10.9 Å². The molecular weight excluding hydrogens is 440 g/mol. The average Bonchev–Trinajstić information content (AvgIpc) is 3.36. The quantitative estimate of drug-likeness (QED) is 0.410. The van der Waals surface area contributed by atoms with Gasteiger partial charge in [-0.15, -0.1) is 0 Å². The van der Waals surface area contributed by atoms with Gasteiger partial charge in [0.15, 0.2) is 4.77 Å². The third kappa shape index (κ3) is 4.89. The molecule has 1 saturated heterocycles. The largest absolute Gasteiger partial charge is 0.385 e. The molecule has 1 aliphatic heterocycles. The van der Waals surface area contributed by atoms with Crippen molar-refractivity contribution < 1.29 is 14.3 Å². The second-order valence-electron chi connectivity index (χ2n) is 7.99. The van der Waals surface area contributed by atoms with Crippen molar-refractivity contribution in [1.82, 2.24) is 14.5 Å². The first-order valence-electron chi connectivity index (χ1n) is 10.9. The molecule has 172 valence electrons. The fourth-order valence-corrected chi connectivity index (χ4v) is 4.31. The van der Waals surface area contributed by atoms with Crippen LogP contribution in [0.4, 0.5) is 5.69 Å². The van der Waals surface area contributed by atoms with Crippen LogP contribution in [0.3, 0.4) is 0 Å². The van der Waals surface area contributed by atoms with Crippen LogP contribution >= 0.6 is 12.2 Å². The van der Waals surface area contributed by atoms with Crippen LogP contribution in [0.15, 0.2) is 47.3 Å². The van der Waals surface area contributed by atoms with E-state index in [4.69, 9.17) is 17.0 Å². The monoisotopic (exact) mass is 466 g/mol. The lowest BCUT2D eigenvalue weighted by atomic mass is 10.1. The Hall–Kier alpha value is -3.30. The summed E-state index contributed by atoms with van der Waals surface area (Å²) < 4.78 is 6.84. The molecule has 33 heavy (non-hydrogen) atoms. The molecule has 0 aliphatic carbocycles. The average molecular weight is 467 g/mol. The number of fused-ring (bicyclic) bond motifs is 1. The third-order valence-corrected chi connectivity index (χ3v) is 6.10. The van der Waals surface area contributed by atoms with Crippen LogP contribution in [0, 0.1) is 4.77 Å². The van der Waals surface area contributed by atoms with E-state index in [2.05, 4.69) is 10.3 Å². The molecule has 1 fully saturated rings. The molecule has 0 spiro atoms. The number of nitrogens with one attached hydrogen (secondary N) is 2. The van der Waals surface area contributed by atoms with Gasteiger partial charge in [0.1, 0.15) is 0 Å². The van der Waals surface area contributed by atoms with Crippen molar-refractivity contribution in [3.8, 4) is 0 Å². The van der Waals surface area contributed by atoms with Gasteiger partial charge in [-0.05, 0) is 61.8 Å². The Balaban J connectivity index is 1.59. The summed E-state index contributed by atoms with van der Waals surface area (Å²) in [5, 5.41) is 3.29. The topological polar surface area (TPSA) is 96.4 Å². The summed E-state index contributed by atoms with van der Waals surface area (Å²) in [5.74, 6) is -0.456. The van der Waals surface area contributed by atoms with Gasteiger partial charge in [-0.3, -0.25) is 19.0 Å². The van der Waals surface area contributed by atoms with E-state index >= 15 is 0 Å². The highest BCUT2D eigenvalue weighted by atomic mass is 32.1. The number of carbonyl (C=O) groups is 2. The van der Waals surface area contributed by atoms with Gasteiger partial charge in [0.05, 0.1) is 22.2 Å². The first kappa shape index (κ1) is 22.9. The maximum atomic E-state index is 13.0. The van der Waals surface area contributed by atoms with E-state index in [-0.39, 0.29) is 17.4 Å². The second-order valence-corrected chi connectivity index (χ2v) is 8.38. The van der Waals surface area contributed by atoms with Crippen molar-refractivity contribution in [2.45, 2.75) is 25.8 Å². The first-order chi connectivity index (χ1) is 16.0. The summed E-state index contributed by atoms with van der Waals surface area (Å²) in [5.41, 5.74) is 1.56. The van der Waals surface area contributed by atoms with Crippen LogP contribution in [0.2, 0.25) is 0 Å². The van der Waals surface area contributed by atoms with Crippen LogP contribution < -0.4 is 10.9 Å². The van der Waals surface area contributed by atoms with E-state index in [0.717, 1.165) is 25.9 Å². The molecule has 2 N–H and O–H groups in total. The number of H-pyrrole nitrogens is 1. The number of benzene rings is 2.